The van der Waals surface area contributed by atoms with Crippen LogP contribution in [0.25, 0.3) is 11.0 Å². The molecule has 2 aliphatic heterocycles. The van der Waals surface area contributed by atoms with Crippen LogP contribution in [0, 0.1) is 0 Å². The maximum absolute atomic E-state index is 13.3. The van der Waals surface area contributed by atoms with E-state index in [1.807, 2.05) is 0 Å². The Morgan fingerprint density at radius 3 is 2.61 bits per heavy atom. The van der Waals surface area contributed by atoms with Crippen LogP contribution in [0.1, 0.15) is 40.6 Å². The lowest BCUT2D eigenvalue weighted by Gasteiger charge is -2.27. The molecule has 0 saturated carbocycles. The molecule has 1 saturated heterocycles. The Bertz CT molecular complexity index is 1110. The third-order valence-corrected chi connectivity index (χ3v) is 5.51. The summed E-state index contributed by atoms with van der Waals surface area (Å²) in [6.45, 7) is 1.08. The average molecular weight is 377 g/mol. The van der Waals surface area contributed by atoms with Gasteiger partial charge >= 0.3 is 0 Å². The van der Waals surface area contributed by atoms with Crippen molar-refractivity contribution in [2.24, 2.45) is 0 Å². The maximum atomic E-state index is 13.3. The molecule has 2 aliphatic rings. The SMILES string of the molecule is O=C1c2oc3ccccc3c(=O)c2[C@@H](c2ccc(O)cc2)N1C[C@@H]1CCCO1. The zero-order valence-corrected chi connectivity index (χ0v) is 15.1. The van der Waals surface area contributed by atoms with Crippen molar-refractivity contribution in [3.63, 3.8) is 0 Å². The van der Waals surface area contributed by atoms with Crippen LogP contribution in [0.2, 0.25) is 0 Å². The van der Waals surface area contributed by atoms with Crippen molar-refractivity contribution in [3.05, 3.63) is 75.6 Å². The molecule has 1 aromatic heterocycles. The maximum Gasteiger partial charge on any atom is 0.291 e. The predicted octanol–water partition coefficient (Wildman–Crippen LogP) is 3.22. The first kappa shape index (κ1) is 17.0. The van der Waals surface area contributed by atoms with Gasteiger partial charge in [-0.1, -0.05) is 24.3 Å². The second kappa shape index (κ2) is 6.49. The van der Waals surface area contributed by atoms with Gasteiger partial charge in [-0.25, -0.2) is 0 Å². The summed E-state index contributed by atoms with van der Waals surface area (Å²) in [5, 5.41) is 10.1. The second-order valence-electron chi connectivity index (χ2n) is 7.26. The summed E-state index contributed by atoms with van der Waals surface area (Å²) in [5.74, 6) is -0.0734. The van der Waals surface area contributed by atoms with E-state index < -0.39 is 6.04 Å². The lowest BCUT2D eigenvalue weighted by atomic mass is 9.98. The molecule has 0 aliphatic carbocycles. The Labute approximate surface area is 161 Å². The minimum atomic E-state index is -0.562. The molecular formula is C22H19NO5. The van der Waals surface area contributed by atoms with Gasteiger partial charge in [-0.3, -0.25) is 9.59 Å². The number of aromatic hydroxyl groups is 1. The molecule has 1 fully saturated rings. The number of carbonyl (C=O) groups is 1. The van der Waals surface area contributed by atoms with Crippen LogP contribution in [0.15, 0.2) is 57.7 Å². The van der Waals surface area contributed by atoms with E-state index in [0.29, 0.717) is 29.7 Å². The van der Waals surface area contributed by atoms with Gasteiger partial charge < -0.3 is 19.2 Å². The number of fused-ring (bicyclic) bond motifs is 2. The van der Waals surface area contributed by atoms with Gasteiger partial charge in [-0.05, 0) is 42.7 Å². The minimum absolute atomic E-state index is 0.0533. The molecule has 1 N–H and O–H groups in total. The number of carbonyl (C=O) groups excluding carboxylic acids is 1. The molecule has 0 bridgehead atoms. The van der Waals surface area contributed by atoms with Crippen molar-refractivity contribution in [3.8, 4) is 5.75 Å². The van der Waals surface area contributed by atoms with E-state index in [0.717, 1.165) is 18.4 Å². The van der Waals surface area contributed by atoms with Crippen LogP contribution in [0.5, 0.6) is 5.75 Å². The number of hydrogen-bond acceptors (Lipinski definition) is 5. The summed E-state index contributed by atoms with van der Waals surface area (Å²) in [4.78, 5) is 28.2. The summed E-state index contributed by atoms with van der Waals surface area (Å²) in [5.41, 5.74) is 1.32. The molecule has 3 aromatic rings. The number of amides is 1. The Balaban J connectivity index is 1.70. The second-order valence-corrected chi connectivity index (χ2v) is 7.26. The normalized spacial score (nSPS) is 21.4. The molecule has 3 heterocycles. The first-order valence-electron chi connectivity index (χ1n) is 9.41. The van der Waals surface area contributed by atoms with Gasteiger partial charge in [0.15, 0.2) is 5.43 Å². The zero-order valence-electron chi connectivity index (χ0n) is 15.1. The third kappa shape index (κ3) is 2.60. The van der Waals surface area contributed by atoms with Crippen LogP contribution >= 0.6 is 0 Å². The molecule has 0 spiro atoms. The summed E-state index contributed by atoms with van der Waals surface area (Å²) >= 11 is 0. The molecule has 5 rings (SSSR count). The van der Waals surface area contributed by atoms with Gasteiger partial charge in [-0.2, -0.15) is 0 Å². The lowest BCUT2D eigenvalue weighted by molar-refractivity contribution is 0.0486. The van der Waals surface area contributed by atoms with Crippen molar-refractivity contribution in [1.29, 1.82) is 0 Å². The summed E-state index contributed by atoms with van der Waals surface area (Å²) in [6, 6.07) is 13.0. The Morgan fingerprint density at radius 1 is 1.07 bits per heavy atom. The largest absolute Gasteiger partial charge is 0.508 e. The van der Waals surface area contributed by atoms with Crippen molar-refractivity contribution in [2.75, 3.05) is 13.2 Å². The number of ether oxygens (including phenoxy) is 1. The van der Waals surface area contributed by atoms with Gasteiger partial charge in [0.25, 0.3) is 5.91 Å². The van der Waals surface area contributed by atoms with Crippen molar-refractivity contribution < 1.29 is 19.1 Å². The van der Waals surface area contributed by atoms with E-state index in [-0.39, 0.29) is 28.9 Å². The number of hydrogen-bond donors (Lipinski definition) is 1. The summed E-state index contributed by atoms with van der Waals surface area (Å²) in [7, 11) is 0. The molecular weight excluding hydrogens is 358 g/mol. The van der Waals surface area contributed by atoms with E-state index in [1.165, 1.54) is 0 Å². The van der Waals surface area contributed by atoms with Crippen LogP contribution in [0.3, 0.4) is 0 Å². The molecule has 6 nitrogen and oxygen atoms in total. The van der Waals surface area contributed by atoms with E-state index >= 15 is 0 Å². The van der Waals surface area contributed by atoms with Gasteiger partial charge in [-0.15, -0.1) is 0 Å². The first-order valence-corrected chi connectivity index (χ1v) is 9.41. The third-order valence-electron chi connectivity index (χ3n) is 5.51. The Kier molecular flexibility index (Phi) is 3.94. The monoisotopic (exact) mass is 377 g/mol. The van der Waals surface area contributed by atoms with E-state index in [4.69, 9.17) is 9.15 Å². The number of rotatable bonds is 3. The lowest BCUT2D eigenvalue weighted by Crippen LogP contribution is -2.36. The van der Waals surface area contributed by atoms with E-state index in [1.54, 1.807) is 53.4 Å². The zero-order chi connectivity index (χ0) is 19.3. The minimum Gasteiger partial charge on any atom is -0.508 e. The van der Waals surface area contributed by atoms with Gasteiger partial charge in [0.05, 0.1) is 23.1 Å². The highest BCUT2D eigenvalue weighted by Gasteiger charge is 2.43. The molecule has 0 radical (unpaired) electrons. The quantitative estimate of drug-likeness (QED) is 0.758. The van der Waals surface area contributed by atoms with Crippen molar-refractivity contribution >= 4 is 16.9 Å². The smallest absolute Gasteiger partial charge is 0.291 e. The van der Waals surface area contributed by atoms with E-state index in [9.17, 15) is 14.7 Å². The van der Waals surface area contributed by atoms with Crippen molar-refractivity contribution in [1.82, 2.24) is 4.90 Å². The first-order chi connectivity index (χ1) is 13.6. The number of benzene rings is 2. The van der Waals surface area contributed by atoms with Crippen LogP contribution < -0.4 is 5.43 Å². The Morgan fingerprint density at radius 2 is 1.86 bits per heavy atom. The fraction of sp³-hybridized carbons (Fsp3) is 0.273. The highest BCUT2D eigenvalue weighted by atomic mass is 16.5. The Hall–Kier alpha value is -3.12. The van der Waals surface area contributed by atoms with Gasteiger partial charge in [0, 0.05) is 13.2 Å². The standard InChI is InChI=1S/C22H19NO5/c24-14-9-7-13(8-10-14)19-18-20(25)16-5-1-2-6-17(16)28-21(18)22(26)23(19)12-15-4-3-11-27-15/h1-2,5-10,15,19,24H,3-4,11-12H2/t15-,19+/m0/s1. The summed E-state index contributed by atoms with van der Waals surface area (Å²) in [6.07, 6.45) is 1.79. The molecule has 6 heteroatoms. The van der Waals surface area contributed by atoms with Crippen LogP contribution in [0.4, 0.5) is 0 Å². The van der Waals surface area contributed by atoms with E-state index in [2.05, 4.69) is 0 Å². The molecule has 1 amide bonds. The predicted molar refractivity (Wildman–Crippen MR) is 102 cm³/mol. The number of phenols is 1. The molecule has 0 unspecified atom stereocenters. The number of nitrogens with zero attached hydrogens (tertiary/aromatic N) is 1. The highest BCUT2D eigenvalue weighted by molar-refractivity contribution is 5.99. The highest BCUT2D eigenvalue weighted by Crippen LogP contribution is 2.39. The summed E-state index contributed by atoms with van der Waals surface area (Å²) < 4.78 is 11.6. The van der Waals surface area contributed by atoms with Crippen molar-refractivity contribution in [2.45, 2.75) is 25.0 Å². The molecule has 28 heavy (non-hydrogen) atoms. The van der Waals surface area contributed by atoms with Gasteiger partial charge in [0.1, 0.15) is 11.3 Å². The number of para-hydroxylation sites is 1. The molecule has 142 valence electrons. The fourth-order valence-corrected chi connectivity index (χ4v) is 4.17. The fourth-order valence-electron chi connectivity index (χ4n) is 4.17. The van der Waals surface area contributed by atoms with Crippen LogP contribution in [-0.4, -0.2) is 35.2 Å². The topological polar surface area (TPSA) is 80.0 Å². The number of phenolic OH excluding ortho intramolecular Hbond substituents is 1. The molecule has 2 atom stereocenters. The molecule has 2 aromatic carbocycles. The average Bonchev–Trinajstić information content (AvgIpc) is 3.31. The van der Waals surface area contributed by atoms with Crippen LogP contribution in [-0.2, 0) is 4.74 Å². The van der Waals surface area contributed by atoms with Gasteiger partial charge in [0.2, 0.25) is 5.76 Å².